The normalized spacial score (nSPS) is 25.4. The van der Waals surface area contributed by atoms with Crippen LogP contribution in [0.3, 0.4) is 0 Å². The van der Waals surface area contributed by atoms with E-state index in [2.05, 4.69) is 15.2 Å². The number of morpholine rings is 1. The Hall–Kier alpha value is -1.73. The maximum Gasteiger partial charge on any atom is 0.193 e. The molecule has 3 unspecified atom stereocenters. The summed E-state index contributed by atoms with van der Waals surface area (Å²) in [6.45, 7) is 5.51. The number of aliphatic imine (C=N–C) groups is 1. The fraction of sp³-hybridized carbons (Fsp3) is 0.632. The van der Waals surface area contributed by atoms with E-state index < -0.39 is 11.6 Å². The monoisotopic (exact) mass is 367 g/mol. The van der Waals surface area contributed by atoms with Crippen molar-refractivity contribution in [2.45, 2.75) is 37.9 Å². The van der Waals surface area contributed by atoms with Gasteiger partial charge in [0.2, 0.25) is 0 Å². The summed E-state index contributed by atoms with van der Waals surface area (Å²) in [5, 5.41) is 3.35. The van der Waals surface area contributed by atoms with Gasteiger partial charge in [0, 0.05) is 33.3 Å². The van der Waals surface area contributed by atoms with E-state index in [-0.39, 0.29) is 18.1 Å². The van der Waals surface area contributed by atoms with Gasteiger partial charge in [0.25, 0.3) is 0 Å². The summed E-state index contributed by atoms with van der Waals surface area (Å²) >= 11 is 0. The van der Waals surface area contributed by atoms with Crippen molar-refractivity contribution >= 4 is 5.96 Å². The first-order valence-corrected chi connectivity index (χ1v) is 9.22. The number of hydrogen-bond acceptors (Lipinski definition) is 3. The van der Waals surface area contributed by atoms with Crippen LogP contribution in [0, 0.1) is 11.6 Å². The third kappa shape index (κ3) is 4.51. The first-order valence-electron chi connectivity index (χ1n) is 9.22. The average molecular weight is 367 g/mol. The first kappa shape index (κ1) is 19.0. The molecule has 3 rings (SSSR count). The zero-order valence-electron chi connectivity index (χ0n) is 15.4. The van der Waals surface area contributed by atoms with Crippen LogP contribution in [0.2, 0.25) is 0 Å². The van der Waals surface area contributed by atoms with Crippen LogP contribution in [0.1, 0.15) is 31.2 Å². The Kier molecular flexibility index (Phi) is 6.43. The number of hydrogen-bond donors (Lipinski definition) is 1. The van der Waals surface area contributed by atoms with Crippen LogP contribution < -0.4 is 5.32 Å². The Labute approximate surface area is 153 Å². The SMILES string of the molecule is CN=C(NCC(C)c1ccc(F)c(F)c1)N1CCOC(C2CCCO2)C1. The summed E-state index contributed by atoms with van der Waals surface area (Å²) < 4.78 is 38.2. The molecule has 144 valence electrons. The molecule has 0 amide bonds. The fourth-order valence-corrected chi connectivity index (χ4v) is 3.50. The lowest BCUT2D eigenvalue weighted by Crippen LogP contribution is -2.53. The molecule has 0 aliphatic carbocycles. The van der Waals surface area contributed by atoms with Crippen LogP contribution in [0.5, 0.6) is 0 Å². The molecule has 0 radical (unpaired) electrons. The lowest BCUT2D eigenvalue weighted by molar-refractivity contribution is -0.0817. The zero-order chi connectivity index (χ0) is 18.5. The van der Waals surface area contributed by atoms with Crippen LogP contribution in [-0.4, -0.2) is 63.0 Å². The third-order valence-electron chi connectivity index (χ3n) is 5.06. The Balaban J connectivity index is 1.56. The number of benzene rings is 1. The summed E-state index contributed by atoms with van der Waals surface area (Å²) in [6.07, 6.45) is 2.35. The van der Waals surface area contributed by atoms with Gasteiger partial charge in [0.15, 0.2) is 17.6 Å². The minimum Gasteiger partial charge on any atom is -0.375 e. The largest absolute Gasteiger partial charge is 0.375 e. The van der Waals surface area contributed by atoms with Crippen molar-refractivity contribution in [3.8, 4) is 0 Å². The van der Waals surface area contributed by atoms with Crippen molar-refractivity contribution in [3.63, 3.8) is 0 Å². The maximum atomic E-state index is 13.4. The van der Waals surface area contributed by atoms with Gasteiger partial charge in [-0.1, -0.05) is 13.0 Å². The molecule has 2 fully saturated rings. The standard InChI is InChI=1S/C19H27F2N3O2/c1-13(14-5-6-15(20)16(21)10-14)11-23-19(22-2)24-7-9-26-18(12-24)17-4-3-8-25-17/h5-6,10,13,17-18H,3-4,7-9,11-12H2,1-2H3,(H,22,23). The summed E-state index contributed by atoms with van der Waals surface area (Å²) in [5.41, 5.74) is 0.756. The van der Waals surface area contributed by atoms with E-state index in [9.17, 15) is 8.78 Å². The highest BCUT2D eigenvalue weighted by Gasteiger charge is 2.32. The summed E-state index contributed by atoms with van der Waals surface area (Å²) in [4.78, 5) is 6.55. The van der Waals surface area contributed by atoms with Gasteiger partial charge in [-0.2, -0.15) is 0 Å². The molecule has 0 saturated carbocycles. The number of rotatable bonds is 4. The molecule has 1 aromatic carbocycles. The van der Waals surface area contributed by atoms with Crippen molar-refractivity contribution in [2.24, 2.45) is 4.99 Å². The van der Waals surface area contributed by atoms with E-state index >= 15 is 0 Å². The van der Waals surface area contributed by atoms with Gasteiger partial charge in [0.1, 0.15) is 6.10 Å². The van der Waals surface area contributed by atoms with Gasteiger partial charge in [0.05, 0.1) is 12.7 Å². The van der Waals surface area contributed by atoms with Crippen molar-refractivity contribution < 1.29 is 18.3 Å². The highest BCUT2D eigenvalue weighted by Crippen LogP contribution is 2.21. The maximum absolute atomic E-state index is 13.4. The number of guanidine groups is 1. The summed E-state index contributed by atoms with van der Waals surface area (Å²) in [5.74, 6) is -0.813. The van der Waals surface area contributed by atoms with E-state index in [0.29, 0.717) is 13.2 Å². The molecule has 0 spiro atoms. The van der Waals surface area contributed by atoms with Gasteiger partial charge in [-0.3, -0.25) is 4.99 Å². The van der Waals surface area contributed by atoms with Crippen LogP contribution in [0.25, 0.3) is 0 Å². The highest BCUT2D eigenvalue weighted by molar-refractivity contribution is 5.80. The van der Waals surface area contributed by atoms with Crippen LogP contribution >= 0.6 is 0 Å². The Morgan fingerprint density at radius 2 is 2.08 bits per heavy atom. The molecular formula is C19H27F2N3O2. The summed E-state index contributed by atoms with van der Waals surface area (Å²) in [7, 11) is 1.75. The lowest BCUT2D eigenvalue weighted by atomic mass is 10.0. The molecule has 5 nitrogen and oxygen atoms in total. The van der Waals surface area contributed by atoms with E-state index in [1.54, 1.807) is 13.1 Å². The van der Waals surface area contributed by atoms with E-state index in [0.717, 1.165) is 44.1 Å². The van der Waals surface area contributed by atoms with E-state index in [4.69, 9.17) is 9.47 Å². The van der Waals surface area contributed by atoms with Crippen molar-refractivity contribution in [3.05, 3.63) is 35.4 Å². The Bertz CT molecular complexity index is 635. The van der Waals surface area contributed by atoms with Gasteiger partial charge in [-0.25, -0.2) is 8.78 Å². The minimum absolute atomic E-state index is 0.0249. The van der Waals surface area contributed by atoms with Gasteiger partial charge in [-0.15, -0.1) is 0 Å². The summed E-state index contributed by atoms with van der Waals surface area (Å²) in [6, 6.07) is 4.05. The van der Waals surface area contributed by atoms with Crippen molar-refractivity contribution in [1.82, 2.24) is 10.2 Å². The van der Waals surface area contributed by atoms with Gasteiger partial charge in [-0.05, 0) is 36.5 Å². The molecule has 2 aliphatic heterocycles. The second kappa shape index (κ2) is 8.77. The minimum atomic E-state index is -0.821. The molecule has 1 aromatic rings. The molecule has 3 atom stereocenters. The molecule has 7 heteroatoms. The number of nitrogens with zero attached hydrogens (tertiary/aromatic N) is 2. The van der Waals surface area contributed by atoms with Crippen molar-refractivity contribution in [2.75, 3.05) is 39.9 Å². The zero-order valence-corrected chi connectivity index (χ0v) is 15.4. The average Bonchev–Trinajstić information content (AvgIpc) is 3.19. The van der Waals surface area contributed by atoms with Gasteiger partial charge >= 0.3 is 0 Å². The van der Waals surface area contributed by atoms with Crippen molar-refractivity contribution in [1.29, 1.82) is 0 Å². The molecule has 1 N–H and O–H groups in total. The van der Waals surface area contributed by atoms with Crippen LogP contribution in [0.15, 0.2) is 23.2 Å². The molecule has 26 heavy (non-hydrogen) atoms. The van der Waals surface area contributed by atoms with E-state index in [1.807, 2.05) is 6.92 Å². The smallest absolute Gasteiger partial charge is 0.193 e. The third-order valence-corrected chi connectivity index (χ3v) is 5.06. The molecular weight excluding hydrogens is 340 g/mol. The van der Waals surface area contributed by atoms with Crippen LogP contribution in [0.4, 0.5) is 8.78 Å². The lowest BCUT2D eigenvalue weighted by Gasteiger charge is -2.37. The number of ether oxygens (including phenoxy) is 2. The molecule has 2 aliphatic rings. The molecule has 0 aromatic heterocycles. The second-order valence-corrected chi connectivity index (χ2v) is 6.91. The molecule has 0 bridgehead atoms. The molecule has 2 heterocycles. The second-order valence-electron chi connectivity index (χ2n) is 6.91. The number of halogens is 2. The molecule has 2 saturated heterocycles. The first-order chi connectivity index (χ1) is 12.6. The van der Waals surface area contributed by atoms with Gasteiger partial charge < -0.3 is 19.7 Å². The Morgan fingerprint density at radius 3 is 2.77 bits per heavy atom. The van der Waals surface area contributed by atoms with E-state index in [1.165, 1.54) is 12.1 Å². The highest BCUT2D eigenvalue weighted by atomic mass is 19.2. The fourth-order valence-electron chi connectivity index (χ4n) is 3.50. The van der Waals surface area contributed by atoms with Crippen LogP contribution in [-0.2, 0) is 9.47 Å². The quantitative estimate of drug-likeness (QED) is 0.656. The Morgan fingerprint density at radius 1 is 1.27 bits per heavy atom. The topological polar surface area (TPSA) is 46.1 Å². The predicted octanol–water partition coefficient (Wildman–Crippen LogP) is 2.52. The predicted molar refractivity (Wildman–Crippen MR) is 96.4 cm³/mol. The number of nitrogens with one attached hydrogen (secondary N) is 1.